The minimum atomic E-state index is -2.85. The van der Waals surface area contributed by atoms with Gasteiger partial charge in [0.15, 0.2) is 5.60 Å². The first-order valence-corrected chi connectivity index (χ1v) is 17.0. The van der Waals surface area contributed by atoms with Crippen molar-refractivity contribution in [1.29, 1.82) is 0 Å². The molecule has 1 aromatic carbocycles. The van der Waals surface area contributed by atoms with Crippen LogP contribution in [-0.4, -0.2) is 65.1 Å². The van der Waals surface area contributed by atoms with E-state index >= 15 is 0 Å². The summed E-state index contributed by atoms with van der Waals surface area (Å²) in [5.74, 6) is -5.44. The number of amides is 2. The molecule has 264 valence electrons. The van der Waals surface area contributed by atoms with E-state index in [9.17, 15) is 34.2 Å². The Hall–Kier alpha value is -3.73. The first-order valence-electron chi connectivity index (χ1n) is 17.0. The second kappa shape index (κ2) is 23.6. The van der Waals surface area contributed by atoms with E-state index < -0.39 is 47.7 Å². The van der Waals surface area contributed by atoms with Crippen LogP contribution in [0.25, 0.3) is 0 Å². The SMILES string of the molecule is CCCCCCCC(=O)CCCCCCC=CC(C(=O)N[C@@H](Cc1ccc(OCCCC)cc1)C(=O)OC)C(O)(CC(N)=O)C(=O)O. The summed E-state index contributed by atoms with van der Waals surface area (Å²) in [4.78, 5) is 62.1. The maximum absolute atomic E-state index is 13.5. The third-order valence-electron chi connectivity index (χ3n) is 8.01. The summed E-state index contributed by atoms with van der Waals surface area (Å²) in [6.45, 7) is 4.79. The Labute approximate surface area is 279 Å². The summed E-state index contributed by atoms with van der Waals surface area (Å²) < 4.78 is 10.5. The number of allylic oxidation sites excluding steroid dienone is 1. The maximum atomic E-state index is 13.5. The highest BCUT2D eigenvalue weighted by Gasteiger charge is 2.48. The molecular formula is C36H56N2O9. The van der Waals surface area contributed by atoms with Crippen molar-refractivity contribution in [1.82, 2.24) is 5.32 Å². The number of nitrogens with two attached hydrogens (primary N) is 1. The van der Waals surface area contributed by atoms with Crippen molar-refractivity contribution >= 4 is 29.5 Å². The second-order valence-electron chi connectivity index (χ2n) is 12.1. The van der Waals surface area contributed by atoms with Gasteiger partial charge in [0.05, 0.1) is 26.1 Å². The number of ketones is 1. The predicted octanol–water partition coefficient (Wildman–Crippen LogP) is 5.20. The number of carbonyl (C=O) groups is 5. The molecule has 0 saturated carbocycles. The van der Waals surface area contributed by atoms with E-state index in [1.165, 1.54) is 25.3 Å². The number of aliphatic carboxylic acids is 1. The first kappa shape index (κ1) is 41.3. The summed E-state index contributed by atoms with van der Waals surface area (Å²) in [5, 5.41) is 23.4. The lowest BCUT2D eigenvalue weighted by Gasteiger charge is -2.30. The Morgan fingerprint density at radius 2 is 1.49 bits per heavy atom. The van der Waals surface area contributed by atoms with Crippen LogP contribution in [0.4, 0.5) is 0 Å². The molecule has 47 heavy (non-hydrogen) atoms. The monoisotopic (exact) mass is 660 g/mol. The molecule has 0 aliphatic carbocycles. The van der Waals surface area contributed by atoms with Crippen molar-refractivity contribution in [2.75, 3.05) is 13.7 Å². The largest absolute Gasteiger partial charge is 0.494 e. The molecular weight excluding hydrogens is 604 g/mol. The molecule has 0 aromatic heterocycles. The van der Waals surface area contributed by atoms with Crippen molar-refractivity contribution in [3.8, 4) is 5.75 Å². The highest BCUT2D eigenvalue weighted by atomic mass is 16.5. The summed E-state index contributed by atoms with van der Waals surface area (Å²) in [5.41, 5.74) is 3.07. The minimum Gasteiger partial charge on any atom is -0.494 e. The van der Waals surface area contributed by atoms with Gasteiger partial charge in [-0.1, -0.05) is 83.1 Å². The van der Waals surface area contributed by atoms with Gasteiger partial charge in [0.2, 0.25) is 11.8 Å². The van der Waals surface area contributed by atoms with E-state index in [2.05, 4.69) is 19.2 Å². The van der Waals surface area contributed by atoms with Crippen molar-refractivity contribution < 1.29 is 43.7 Å². The molecule has 2 unspecified atom stereocenters. The number of unbranched alkanes of at least 4 members (excludes halogenated alkanes) is 9. The van der Waals surface area contributed by atoms with Crippen LogP contribution in [0.3, 0.4) is 0 Å². The molecule has 0 spiro atoms. The van der Waals surface area contributed by atoms with Crippen molar-refractivity contribution in [2.45, 2.75) is 128 Å². The van der Waals surface area contributed by atoms with Gasteiger partial charge in [-0.15, -0.1) is 0 Å². The van der Waals surface area contributed by atoms with Crippen LogP contribution in [-0.2, 0) is 35.1 Å². The number of aliphatic hydroxyl groups is 1. The van der Waals surface area contributed by atoms with Crippen LogP contribution >= 0.6 is 0 Å². The van der Waals surface area contributed by atoms with Crippen LogP contribution in [0, 0.1) is 5.92 Å². The van der Waals surface area contributed by atoms with Gasteiger partial charge in [-0.3, -0.25) is 14.4 Å². The fourth-order valence-electron chi connectivity index (χ4n) is 5.16. The van der Waals surface area contributed by atoms with Gasteiger partial charge in [0, 0.05) is 19.3 Å². The fourth-order valence-corrected chi connectivity index (χ4v) is 5.16. The summed E-state index contributed by atoms with van der Waals surface area (Å²) in [7, 11) is 1.16. The zero-order valence-corrected chi connectivity index (χ0v) is 28.5. The molecule has 11 heteroatoms. The molecule has 1 aromatic rings. The highest BCUT2D eigenvalue weighted by molar-refractivity contribution is 5.95. The number of hydrogen-bond acceptors (Lipinski definition) is 8. The first-order chi connectivity index (χ1) is 22.5. The number of rotatable bonds is 27. The molecule has 0 bridgehead atoms. The average molecular weight is 661 g/mol. The third-order valence-corrected chi connectivity index (χ3v) is 8.01. The number of primary amides is 1. The molecule has 0 fully saturated rings. The lowest BCUT2D eigenvalue weighted by Crippen LogP contribution is -2.56. The molecule has 0 saturated heterocycles. The van der Waals surface area contributed by atoms with Crippen LogP contribution in [0.1, 0.15) is 116 Å². The maximum Gasteiger partial charge on any atom is 0.337 e. The van der Waals surface area contributed by atoms with Gasteiger partial charge in [0.1, 0.15) is 17.6 Å². The van der Waals surface area contributed by atoms with Crippen LogP contribution in [0.15, 0.2) is 36.4 Å². The van der Waals surface area contributed by atoms with Crippen molar-refractivity contribution in [3.63, 3.8) is 0 Å². The smallest absolute Gasteiger partial charge is 0.337 e. The predicted molar refractivity (Wildman–Crippen MR) is 180 cm³/mol. The topological polar surface area (TPSA) is 182 Å². The van der Waals surface area contributed by atoms with E-state index in [0.29, 0.717) is 43.6 Å². The van der Waals surface area contributed by atoms with Gasteiger partial charge >= 0.3 is 11.9 Å². The van der Waals surface area contributed by atoms with Gasteiger partial charge in [-0.2, -0.15) is 0 Å². The summed E-state index contributed by atoms with van der Waals surface area (Å²) >= 11 is 0. The van der Waals surface area contributed by atoms with Gasteiger partial charge in [-0.25, -0.2) is 9.59 Å². The number of nitrogens with one attached hydrogen (secondary N) is 1. The Morgan fingerprint density at radius 3 is 2.04 bits per heavy atom. The molecule has 5 N–H and O–H groups in total. The van der Waals surface area contributed by atoms with Crippen molar-refractivity contribution in [2.24, 2.45) is 11.7 Å². The second-order valence-corrected chi connectivity index (χ2v) is 12.1. The lowest BCUT2D eigenvalue weighted by atomic mass is 9.82. The van der Waals surface area contributed by atoms with Crippen LogP contribution in [0.5, 0.6) is 5.75 Å². The van der Waals surface area contributed by atoms with E-state index in [0.717, 1.165) is 52.1 Å². The van der Waals surface area contributed by atoms with Gasteiger partial charge in [0.25, 0.3) is 0 Å². The number of carbonyl (C=O) groups excluding carboxylic acids is 4. The zero-order valence-electron chi connectivity index (χ0n) is 28.5. The third kappa shape index (κ3) is 16.6. The normalized spacial score (nSPS) is 13.8. The quantitative estimate of drug-likeness (QED) is 0.0560. The summed E-state index contributed by atoms with van der Waals surface area (Å²) in [6.07, 6.45) is 14.1. The Balaban J connectivity index is 2.87. The standard InChI is InChI=1S/C36H56N2O9/c1-4-6-8-11-14-17-28(39)18-15-12-9-10-13-16-19-30(36(45,35(43)44)26-32(37)40)33(41)38-31(34(42)46-3)25-27-20-22-29(23-21-27)47-24-7-5-2/h16,19-23,30-31,45H,4-15,17-18,24-26H2,1-3H3,(H2,37,40)(H,38,41)(H,43,44)/t30?,31-,36?/m0/s1. The summed E-state index contributed by atoms with van der Waals surface area (Å²) in [6, 6.07) is 5.77. The van der Waals surface area contributed by atoms with E-state index in [-0.39, 0.29) is 12.2 Å². The van der Waals surface area contributed by atoms with E-state index in [1.807, 2.05) is 0 Å². The molecule has 0 aliphatic heterocycles. The number of hydrogen-bond donors (Lipinski definition) is 4. The number of benzene rings is 1. The van der Waals surface area contributed by atoms with Gasteiger partial charge < -0.3 is 30.7 Å². The molecule has 1 rings (SSSR count). The number of esters is 1. The van der Waals surface area contributed by atoms with Gasteiger partial charge in [-0.05, 0) is 49.8 Å². The Bertz CT molecular complexity index is 1140. The van der Waals surface area contributed by atoms with Crippen LogP contribution in [0.2, 0.25) is 0 Å². The molecule has 3 atom stereocenters. The molecule has 0 aliphatic rings. The molecule has 11 nitrogen and oxygen atoms in total. The number of carboxylic acids is 1. The van der Waals surface area contributed by atoms with Crippen molar-refractivity contribution in [3.05, 3.63) is 42.0 Å². The lowest BCUT2D eigenvalue weighted by molar-refractivity contribution is -0.169. The molecule has 2 amide bonds. The number of carboxylic acid groups (broad SMARTS) is 1. The molecule has 0 heterocycles. The minimum absolute atomic E-state index is 0.0206. The van der Waals surface area contributed by atoms with E-state index in [1.54, 1.807) is 30.3 Å². The zero-order chi connectivity index (χ0) is 35.1. The Kier molecular flexibility index (Phi) is 20.7. The number of methoxy groups -OCH3 is 1. The number of Topliss-reactive ketones (excluding diaryl/α,β-unsaturated/α-hetero) is 1. The number of ether oxygens (including phenoxy) is 2. The van der Waals surface area contributed by atoms with Crippen LogP contribution < -0.4 is 15.8 Å². The fraction of sp³-hybridized carbons (Fsp3) is 0.639. The van der Waals surface area contributed by atoms with E-state index in [4.69, 9.17) is 15.2 Å². The average Bonchev–Trinajstić information content (AvgIpc) is 3.03. The highest BCUT2D eigenvalue weighted by Crippen LogP contribution is 2.26. The molecule has 0 radical (unpaired) electrons. The Morgan fingerprint density at radius 1 is 0.894 bits per heavy atom.